The summed E-state index contributed by atoms with van der Waals surface area (Å²) in [5.41, 5.74) is 1.40. The SMILES string of the molecule is Cc1cc(CN2CCC3(CC2)Cc2nnc(C(=O)NCC4CC4)n2-c2ccccc2O3)no1. The van der Waals surface area contributed by atoms with Gasteiger partial charge in [0.25, 0.3) is 5.91 Å². The van der Waals surface area contributed by atoms with Gasteiger partial charge in [0.05, 0.1) is 11.4 Å². The Morgan fingerprint density at radius 2 is 2.03 bits per heavy atom. The van der Waals surface area contributed by atoms with Crippen LogP contribution in [0.15, 0.2) is 34.9 Å². The molecule has 1 spiro atoms. The summed E-state index contributed by atoms with van der Waals surface area (Å²) in [5.74, 6) is 3.14. The van der Waals surface area contributed by atoms with E-state index in [0.29, 0.717) is 24.7 Å². The van der Waals surface area contributed by atoms with Crippen LogP contribution in [-0.2, 0) is 13.0 Å². The van der Waals surface area contributed by atoms with Crippen molar-refractivity contribution < 1.29 is 14.1 Å². The van der Waals surface area contributed by atoms with Crippen LogP contribution in [0.5, 0.6) is 5.75 Å². The maximum atomic E-state index is 12.9. The summed E-state index contributed by atoms with van der Waals surface area (Å²) in [7, 11) is 0. The van der Waals surface area contributed by atoms with Gasteiger partial charge < -0.3 is 14.6 Å². The van der Waals surface area contributed by atoms with Crippen molar-refractivity contribution in [2.24, 2.45) is 5.92 Å². The van der Waals surface area contributed by atoms with Gasteiger partial charge >= 0.3 is 0 Å². The molecular weight excluding hydrogens is 420 g/mol. The Morgan fingerprint density at radius 3 is 2.79 bits per heavy atom. The molecule has 6 rings (SSSR count). The Morgan fingerprint density at radius 1 is 1.21 bits per heavy atom. The van der Waals surface area contributed by atoms with E-state index in [1.54, 1.807) is 0 Å². The third kappa shape index (κ3) is 4.01. The Balaban J connectivity index is 1.25. The second-order valence-electron chi connectivity index (χ2n) is 9.56. The van der Waals surface area contributed by atoms with Crippen molar-refractivity contribution in [3.63, 3.8) is 0 Å². The lowest BCUT2D eigenvalue weighted by Crippen LogP contribution is -2.49. The number of aryl methyl sites for hydroxylation is 1. The second-order valence-corrected chi connectivity index (χ2v) is 9.56. The highest BCUT2D eigenvalue weighted by Gasteiger charge is 2.42. The molecule has 2 fully saturated rings. The third-order valence-corrected chi connectivity index (χ3v) is 6.92. The summed E-state index contributed by atoms with van der Waals surface area (Å²) >= 11 is 0. The minimum Gasteiger partial charge on any atom is -0.485 e. The molecule has 1 saturated carbocycles. The van der Waals surface area contributed by atoms with Gasteiger partial charge in [-0.05, 0) is 37.8 Å². The Kier molecular flexibility index (Phi) is 4.94. The number of nitrogens with one attached hydrogen (secondary N) is 1. The van der Waals surface area contributed by atoms with Gasteiger partial charge in [-0.2, -0.15) is 0 Å². The summed E-state index contributed by atoms with van der Waals surface area (Å²) in [6.07, 6.45) is 4.69. The first-order valence-electron chi connectivity index (χ1n) is 11.7. The number of hydrogen-bond donors (Lipinski definition) is 1. The number of nitrogens with zero attached hydrogens (tertiary/aromatic N) is 5. The van der Waals surface area contributed by atoms with Gasteiger partial charge in [-0.15, -0.1) is 10.2 Å². The van der Waals surface area contributed by atoms with Crippen LogP contribution in [0.1, 0.15) is 53.6 Å². The molecule has 0 atom stereocenters. The predicted octanol–water partition coefficient (Wildman–Crippen LogP) is 2.67. The van der Waals surface area contributed by atoms with E-state index in [4.69, 9.17) is 9.26 Å². The number of para-hydroxylation sites is 2. The van der Waals surface area contributed by atoms with Crippen LogP contribution in [0.2, 0.25) is 0 Å². The van der Waals surface area contributed by atoms with Crippen LogP contribution in [0, 0.1) is 12.8 Å². The predicted molar refractivity (Wildman–Crippen MR) is 119 cm³/mol. The number of likely N-dealkylation sites (tertiary alicyclic amines) is 1. The molecule has 9 heteroatoms. The zero-order valence-electron chi connectivity index (χ0n) is 18.8. The summed E-state index contributed by atoms with van der Waals surface area (Å²) in [6, 6.07) is 9.86. The lowest BCUT2D eigenvalue weighted by molar-refractivity contribution is -0.000119. The Labute approximate surface area is 192 Å². The fourth-order valence-corrected chi connectivity index (χ4v) is 4.87. The number of benzene rings is 1. The quantitative estimate of drug-likeness (QED) is 0.641. The van der Waals surface area contributed by atoms with Gasteiger partial charge in [0.2, 0.25) is 5.82 Å². The minimum atomic E-state index is -0.380. The minimum absolute atomic E-state index is 0.177. The van der Waals surface area contributed by atoms with Gasteiger partial charge in [0, 0.05) is 51.5 Å². The molecule has 2 aromatic heterocycles. The van der Waals surface area contributed by atoms with Gasteiger partial charge in [-0.3, -0.25) is 14.3 Å². The van der Waals surface area contributed by atoms with Crippen LogP contribution in [-0.4, -0.2) is 56.0 Å². The first kappa shape index (κ1) is 20.4. The summed E-state index contributed by atoms with van der Waals surface area (Å²) < 4.78 is 13.8. The maximum Gasteiger partial charge on any atom is 0.289 e. The number of amides is 1. The standard InChI is InChI=1S/C24H28N6O3/c1-16-12-18(28-33-16)15-29-10-8-24(9-11-29)13-21-26-27-22(23(31)25-14-17-6-7-17)30(21)19-4-2-3-5-20(19)32-24/h2-5,12,17H,6-11,13-15H2,1H3,(H,25,31). The van der Waals surface area contributed by atoms with E-state index in [-0.39, 0.29) is 11.5 Å². The van der Waals surface area contributed by atoms with Gasteiger partial charge in [-0.25, -0.2) is 0 Å². The lowest BCUT2D eigenvalue weighted by atomic mass is 9.87. The molecule has 3 aromatic rings. The smallest absolute Gasteiger partial charge is 0.289 e. The zero-order valence-corrected chi connectivity index (χ0v) is 18.8. The van der Waals surface area contributed by atoms with E-state index in [1.807, 2.05) is 41.8 Å². The molecule has 0 radical (unpaired) electrons. The van der Waals surface area contributed by atoms with Gasteiger partial charge in [0.1, 0.15) is 22.9 Å². The number of fused-ring (bicyclic) bond motifs is 3. The Hall–Kier alpha value is -3.20. The fraction of sp³-hybridized carbons (Fsp3) is 0.500. The van der Waals surface area contributed by atoms with Crippen molar-refractivity contribution in [1.29, 1.82) is 0 Å². The highest BCUT2D eigenvalue weighted by Crippen LogP contribution is 2.39. The number of rotatable bonds is 5. The van der Waals surface area contributed by atoms with Gasteiger partial charge in [-0.1, -0.05) is 17.3 Å². The van der Waals surface area contributed by atoms with Crippen LogP contribution < -0.4 is 10.1 Å². The third-order valence-electron chi connectivity index (χ3n) is 6.92. The highest BCUT2D eigenvalue weighted by atomic mass is 16.5. The number of carbonyl (C=O) groups excluding carboxylic acids is 1. The molecule has 4 heterocycles. The summed E-state index contributed by atoms with van der Waals surface area (Å²) in [5, 5.41) is 15.9. The van der Waals surface area contributed by atoms with Crippen LogP contribution in [0.25, 0.3) is 5.69 Å². The molecule has 1 saturated heterocycles. The van der Waals surface area contributed by atoms with Crippen LogP contribution >= 0.6 is 0 Å². The average Bonchev–Trinajstić information content (AvgIpc) is 3.46. The monoisotopic (exact) mass is 448 g/mol. The maximum absolute atomic E-state index is 12.9. The lowest BCUT2D eigenvalue weighted by Gasteiger charge is -2.40. The topological polar surface area (TPSA) is 98.3 Å². The number of carbonyl (C=O) groups is 1. The van der Waals surface area contributed by atoms with Crippen molar-refractivity contribution in [1.82, 2.24) is 30.1 Å². The van der Waals surface area contributed by atoms with Crippen LogP contribution in [0.3, 0.4) is 0 Å². The number of aromatic nitrogens is 4. The van der Waals surface area contributed by atoms with Gasteiger partial charge in [0.15, 0.2) is 0 Å². The fourth-order valence-electron chi connectivity index (χ4n) is 4.87. The van der Waals surface area contributed by atoms with Crippen molar-refractivity contribution in [2.45, 2.75) is 51.2 Å². The van der Waals surface area contributed by atoms with E-state index in [2.05, 4.69) is 25.6 Å². The molecule has 9 nitrogen and oxygen atoms in total. The van der Waals surface area contributed by atoms with E-state index in [1.165, 1.54) is 12.8 Å². The Bertz CT molecular complexity index is 1170. The molecule has 1 amide bonds. The highest BCUT2D eigenvalue weighted by molar-refractivity contribution is 5.91. The molecule has 172 valence electrons. The molecular formula is C24H28N6O3. The molecule has 33 heavy (non-hydrogen) atoms. The van der Waals surface area contributed by atoms with Crippen LogP contribution in [0.4, 0.5) is 0 Å². The summed E-state index contributed by atoms with van der Waals surface area (Å²) in [4.78, 5) is 15.3. The van der Waals surface area contributed by atoms with Crippen molar-refractivity contribution in [2.75, 3.05) is 19.6 Å². The van der Waals surface area contributed by atoms with Crippen molar-refractivity contribution >= 4 is 5.91 Å². The number of ether oxygens (including phenoxy) is 1. The first-order chi connectivity index (χ1) is 16.1. The largest absolute Gasteiger partial charge is 0.485 e. The normalized spacial score (nSPS) is 19.4. The van der Waals surface area contributed by atoms with E-state index in [0.717, 1.165) is 61.2 Å². The molecule has 1 aromatic carbocycles. The number of hydrogen-bond acceptors (Lipinski definition) is 7. The molecule has 2 aliphatic heterocycles. The average molecular weight is 449 g/mol. The second kappa shape index (κ2) is 7.98. The first-order valence-corrected chi connectivity index (χ1v) is 11.7. The zero-order chi connectivity index (χ0) is 22.4. The van der Waals surface area contributed by atoms with E-state index >= 15 is 0 Å². The van der Waals surface area contributed by atoms with E-state index in [9.17, 15) is 4.79 Å². The van der Waals surface area contributed by atoms with Crippen molar-refractivity contribution in [3.8, 4) is 11.4 Å². The molecule has 1 aliphatic carbocycles. The van der Waals surface area contributed by atoms with Crippen molar-refractivity contribution in [3.05, 3.63) is 53.4 Å². The molecule has 0 bridgehead atoms. The summed E-state index contributed by atoms with van der Waals surface area (Å²) in [6.45, 7) is 5.15. The molecule has 0 unspecified atom stereocenters. The molecule has 1 N–H and O–H groups in total. The number of piperidine rings is 1. The van der Waals surface area contributed by atoms with E-state index < -0.39 is 0 Å². The molecule has 3 aliphatic rings.